The minimum Gasteiger partial charge on any atom is -0.372 e. The zero-order chi connectivity index (χ0) is 16.8. The molecule has 3 heterocycles. The van der Waals surface area contributed by atoms with Crippen molar-refractivity contribution in [2.24, 2.45) is 0 Å². The number of carbonyl (C=O) groups is 1. The highest BCUT2D eigenvalue weighted by Crippen LogP contribution is 2.25. The lowest BCUT2D eigenvalue weighted by Gasteiger charge is -2.28. The average Bonchev–Trinajstić information content (AvgIpc) is 3.24. The first-order chi connectivity index (χ1) is 11.8. The third kappa shape index (κ3) is 4.10. The minimum atomic E-state index is 0.0506. The predicted octanol–water partition coefficient (Wildman–Crippen LogP) is 3.10. The Morgan fingerprint density at radius 3 is 3.08 bits per heavy atom. The van der Waals surface area contributed by atoms with E-state index in [2.05, 4.69) is 17.6 Å². The number of pyridine rings is 1. The van der Waals surface area contributed by atoms with E-state index in [0.717, 1.165) is 30.5 Å². The van der Waals surface area contributed by atoms with Crippen LogP contribution in [-0.4, -0.2) is 41.1 Å². The molecule has 0 aliphatic carbocycles. The number of hydrogen-bond acceptors (Lipinski definition) is 4. The van der Waals surface area contributed by atoms with Crippen LogP contribution in [0.4, 0.5) is 0 Å². The molecule has 126 valence electrons. The van der Waals surface area contributed by atoms with E-state index in [1.165, 1.54) is 0 Å². The molecular formula is C19H22N2O2S. The quantitative estimate of drug-likeness (QED) is 0.726. The SMILES string of the molecule is C=CCO[C@H]1CCN(C(=O)Cc2ccsc2)[C@H]1Cc1cccnc1. The first-order valence-corrected chi connectivity index (χ1v) is 9.14. The maximum atomic E-state index is 12.8. The monoisotopic (exact) mass is 342 g/mol. The molecule has 0 N–H and O–H groups in total. The zero-order valence-corrected chi connectivity index (χ0v) is 14.5. The van der Waals surface area contributed by atoms with Crippen molar-refractivity contribution in [3.05, 3.63) is 65.1 Å². The van der Waals surface area contributed by atoms with Crippen LogP contribution in [0, 0.1) is 0 Å². The largest absolute Gasteiger partial charge is 0.372 e. The van der Waals surface area contributed by atoms with Crippen LogP contribution in [0.25, 0.3) is 0 Å². The first kappa shape index (κ1) is 16.9. The fourth-order valence-corrected chi connectivity index (χ4v) is 3.86. The molecule has 3 rings (SSSR count). The molecule has 4 nitrogen and oxygen atoms in total. The smallest absolute Gasteiger partial charge is 0.227 e. The summed E-state index contributed by atoms with van der Waals surface area (Å²) in [5.41, 5.74) is 2.21. The topological polar surface area (TPSA) is 42.4 Å². The standard InChI is InChI=1S/C19H22N2O2S/c1-2-9-23-18-5-8-21(19(22)12-16-6-10-24-14-16)17(18)11-15-4-3-7-20-13-15/h2-4,6-7,10,13-14,17-18H,1,5,8-9,11-12H2/t17-,18-/m0/s1. The summed E-state index contributed by atoms with van der Waals surface area (Å²) in [4.78, 5) is 18.9. The molecule has 1 fully saturated rings. The van der Waals surface area contributed by atoms with Gasteiger partial charge in [0.25, 0.3) is 0 Å². The molecule has 0 radical (unpaired) electrons. The fraction of sp³-hybridized carbons (Fsp3) is 0.368. The Bertz CT molecular complexity index is 657. The summed E-state index contributed by atoms with van der Waals surface area (Å²) in [7, 11) is 0. The number of hydrogen-bond donors (Lipinski definition) is 0. The average molecular weight is 342 g/mol. The van der Waals surface area contributed by atoms with E-state index in [1.807, 2.05) is 34.0 Å². The van der Waals surface area contributed by atoms with Crippen molar-refractivity contribution in [3.8, 4) is 0 Å². The molecular weight excluding hydrogens is 320 g/mol. The molecule has 0 unspecified atom stereocenters. The van der Waals surface area contributed by atoms with Crippen LogP contribution >= 0.6 is 11.3 Å². The summed E-state index contributed by atoms with van der Waals surface area (Å²) >= 11 is 1.62. The summed E-state index contributed by atoms with van der Waals surface area (Å²) in [6, 6.07) is 6.06. The molecule has 2 atom stereocenters. The van der Waals surface area contributed by atoms with Crippen LogP contribution in [0.2, 0.25) is 0 Å². The van der Waals surface area contributed by atoms with Gasteiger partial charge in [-0.1, -0.05) is 12.1 Å². The predicted molar refractivity (Wildman–Crippen MR) is 96.0 cm³/mol. The highest BCUT2D eigenvalue weighted by atomic mass is 32.1. The summed E-state index contributed by atoms with van der Waals surface area (Å²) in [6.45, 7) is 4.98. The Balaban J connectivity index is 1.73. The van der Waals surface area contributed by atoms with Crippen molar-refractivity contribution in [1.82, 2.24) is 9.88 Å². The highest BCUT2D eigenvalue weighted by molar-refractivity contribution is 7.08. The van der Waals surface area contributed by atoms with Crippen LogP contribution in [0.3, 0.4) is 0 Å². The van der Waals surface area contributed by atoms with Gasteiger partial charge in [0.15, 0.2) is 0 Å². The Morgan fingerprint density at radius 1 is 1.46 bits per heavy atom. The van der Waals surface area contributed by atoms with Gasteiger partial charge in [-0.2, -0.15) is 11.3 Å². The van der Waals surface area contributed by atoms with E-state index in [9.17, 15) is 4.79 Å². The van der Waals surface area contributed by atoms with Gasteiger partial charge >= 0.3 is 0 Å². The lowest BCUT2D eigenvalue weighted by Crippen LogP contribution is -2.42. The van der Waals surface area contributed by atoms with Gasteiger partial charge in [-0.05, 0) is 46.9 Å². The molecule has 1 amide bonds. The number of rotatable bonds is 7. The van der Waals surface area contributed by atoms with Crippen molar-refractivity contribution >= 4 is 17.2 Å². The first-order valence-electron chi connectivity index (χ1n) is 8.20. The van der Waals surface area contributed by atoms with Crippen molar-refractivity contribution in [2.45, 2.75) is 31.4 Å². The van der Waals surface area contributed by atoms with Gasteiger partial charge in [-0.3, -0.25) is 9.78 Å². The second-order valence-electron chi connectivity index (χ2n) is 5.98. The zero-order valence-electron chi connectivity index (χ0n) is 13.6. The third-order valence-electron chi connectivity index (χ3n) is 4.34. The number of carbonyl (C=O) groups excluding carboxylic acids is 1. The van der Waals surface area contributed by atoms with Gasteiger partial charge in [-0.25, -0.2) is 0 Å². The van der Waals surface area contributed by atoms with Gasteiger partial charge in [0.05, 0.1) is 25.2 Å². The van der Waals surface area contributed by atoms with E-state index in [-0.39, 0.29) is 18.1 Å². The van der Waals surface area contributed by atoms with Gasteiger partial charge in [-0.15, -0.1) is 6.58 Å². The molecule has 1 aliphatic heterocycles. The van der Waals surface area contributed by atoms with E-state index in [4.69, 9.17) is 4.74 Å². The van der Waals surface area contributed by atoms with Gasteiger partial charge in [0.2, 0.25) is 5.91 Å². The van der Waals surface area contributed by atoms with Gasteiger partial charge < -0.3 is 9.64 Å². The maximum absolute atomic E-state index is 12.8. The number of nitrogens with zero attached hydrogens (tertiary/aromatic N) is 2. The second kappa shape index (κ2) is 8.22. The summed E-state index contributed by atoms with van der Waals surface area (Å²) in [5, 5.41) is 4.05. The molecule has 1 saturated heterocycles. The lowest BCUT2D eigenvalue weighted by molar-refractivity contribution is -0.132. The van der Waals surface area contributed by atoms with Crippen molar-refractivity contribution in [1.29, 1.82) is 0 Å². The normalized spacial score (nSPS) is 20.2. The molecule has 5 heteroatoms. The Kier molecular flexibility index (Phi) is 5.77. The lowest BCUT2D eigenvalue weighted by atomic mass is 10.0. The molecule has 0 spiro atoms. The molecule has 0 aromatic carbocycles. The van der Waals surface area contributed by atoms with Crippen molar-refractivity contribution < 1.29 is 9.53 Å². The Morgan fingerprint density at radius 2 is 2.38 bits per heavy atom. The Hall–Kier alpha value is -1.98. The van der Waals surface area contributed by atoms with Crippen molar-refractivity contribution in [3.63, 3.8) is 0 Å². The van der Waals surface area contributed by atoms with Crippen LogP contribution in [0.5, 0.6) is 0 Å². The highest BCUT2D eigenvalue weighted by Gasteiger charge is 2.37. The van der Waals surface area contributed by atoms with Crippen LogP contribution in [-0.2, 0) is 22.4 Å². The van der Waals surface area contributed by atoms with E-state index >= 15 is 0 Å². The van der Waals surface area contributed by atoms with Crippen LogP contribution < -0.4 is 0 Å². The minimum absolute atomic E-state index is 0.0506. The molecule has 24 heavy (non-hydrogen) atoms. The third-order valence-corrected chi connectivity index (χ3v) is 5.07. The number of aromatic nitrogens is 1. The summed E-state index contributed by atoms with van der Waals surface area (Å²) < 4.78 is 5.92. The summed E-state index contributed by atoms with van der Waals surface area (Å²) in [5.74, 6) is 0.173. The van der Waals surface area contributed by atoms with Gasteiger partial charge in [0.1, 0.15) is 0 Å². The molecule has 2 aromatic rings. The Labute approximate surface area is 146 Å². The van der Waals surface area contributed by atoms with Crippen LogP contribution in [0.1, 0.15) is 17.5 Å². The number of likely N-dealkylation sites (tertiary alicyclic amines) is 1. The number of amides is 1. The molecule has 2 aromatic heterocycles. The van der Waals surface area contributed by atoms with E-state index < -0.39 is 0 Å². The van der Waals surface area contributed by atoms with E-state index in [1.54, 1.807) is 23.6 Å². The maximum Gasteiger partial charge on any atom is 0.227 e. The van der Waals surface area contributed by atoms with Gasteiger partial charge in [0, 0.05) is 18.9 Å². The number of ether oxygens (including phenoxy) is 1. The second-order valence-corrected chi connectivity index (χ2v) is 6.76. The van der Waals surface area contributed by atoms with Crippen LogP contribution in [0.15, 0.2) is 54.0 Å². The molecule has 0 bridgehead atoms. The fourth-order valence-electron chi connectivity index (χ4n) is 3.19. The summed E-state index contributed by atoms with van der Waals surface area (Å²) in [6.07, 6.45) is 7.54. The molecule has 1 aliphatic rings. The number of thiophene rings is 1. The van der Waals surface area contributed by atoms with Crippen molar-refractivity contribution in [2.75, 3.05) is 13.2 Å². The molecule has 0 saturated carbocycles. The van der Waals surface area contributed by atoms with E-state index in [0.29, 0.717) is 13.0 Å².